The fourth-order valence-electron chi connectivity index (χ4n) is 3.42. The molecule has 1 aliphatic heterocycles. The van der Waals surface area contributed by atoms with Crippen LogP contribution in [0.25, 0.3) is 0 Å². The third-order valence-electron chi connectivity index (χ3n) is 4.23. The van der Waals surface area contributed by atoms with Gasteiger partial charge in [-0.3, -0.25) is 0 Å². The van der Waals surface area contributed by atoms with Gasteiger partial charge < -0.3 is 4.90 Å². The van der Waals surface area contributed by atoms with Gasteiger partial charge in [0.05, 0.1) is 0 Å². The fraction of sp³-hybridized carbons (Fsp3) is 0.571. The molecule has 1 saturated carbocycles. The Morgan fingerprint density at radius 2 is 2.07 bits per heavy atom. The van der Waals surface area contributed by atoms with Gasteiger partial charge in [0.25, 0.3) is 0 Å². The van der Waals surface area contributed by atoms with Gasteiger partial charge in [0.1, 0.15) is 0 Å². The first-order valence-electron chi connectivity index (χ1n) is 6.14. The van der Waals surface area contributed by atoms with Crippen molar-refractivity contribution in [3.63, 3.8) is 0 Å². The van der Waals surface area contributed by atoms with E-state index in [4.69, 9.17) is 0 Å². The van der Waals surface area contributed by atoms with Crippen molar-refractivity contribution < 1.29 is 0 Å². The summed E-state index contributed by atoms with van der Waals surface area (Å²) in [6.07, 6.45) is 5.44. The van der Waals surface area contributed by atoms with E-state index in [9.17, 15) is 0 Å². The lowest BCUT2D eigenvalue weighted by atomic mass is 9.90. The summed E-state index contributed by atoms with van der Waals surface area (Å²) < 4.78 is 0. The highest BCUT2D eigenvalue weighted by Crippen LogP contribution is 2.40. The number of nitrogens with zero attached hydrogens (tertiary/aromatic N) is 1. The molecular weight excluding hydrogens is 182 g/mol. The Hall–Kier alpha value is -0.820. The van der Waals surface area contributed by atoms with Crippen molar-refractivity contribution in [2.45, 2.75) is 37.6 Å². The summed E-state index contributed by atoms with van der Waals surface area (Å²) in [4.78, 5) is 2.58. The van der Waals surface area contributed by atoms with Crippen LogP contribution in [0.3, 0.4) is 0 Å². The molecule has 1 nitrogen and oxygen atoms in total. The normalized spacial score (nSPS) is 30.7. The van der Waals surface area contributed by atoms with Crippen LogP contribution in [0.2, 0.25) is 0 Å². The number of hydrogen-bond acceptors (Lipinski definition) is 1. The average molecular weight is 201 g/mol. The van der Waals surface area contributed by atoms with E-state index in [-0.39, 0.29) is 0 Å². The van der Waals surface area contributed by atoms with Gasteiger partial charge >= 0.3 is 0 Å². The Balaban J connectivity index is 2.05. The molecule has 0 spiro atoms. The SMILES string of the molecule is CN1CCc2ccccc2C2CCC[C@@H]21. The van der Waals surface area contributed by atoms with Crippen molar-refractivity contribution in [1.29, 1.82) is 0 Å². The van der Waals surface area contributed by atoms with E-state index < -0.39 is 0 Å². The highest BCUT2D eigenvalue weighted by molar-refractivity contribution is 5.33. The van der Waals surface area contributed by atoms with Crippen LogP contribution in [0.15, 0.2) is 24.3 Å². The summed E-state index contributed by atoms with van der Waals surface area (Å²) in [6, 6.07) is 9.89. The third-order valence-corrected chi connectivity index (χ3v) is 4.23. The van der Waals surface area contributed by atoms with Gasteiger partial charge in [0, 0.05) is 12.6 Å². The molecule has 15 heavy (non-hydrogen) atoms. The van der Waals surface area contributed by atoms with Crippen molar-refractivity contribution in [1.82, 2.24) is 4.90 Å². The first kappa shape index (κ1) is 9.41. The largest absolute Gasteiger partial charge is 0.302 e. The Morgan fingerprint density at radius 3 is 3.00 bits per heavy atom. The summed E-state index contributed by atoms with van der Waals surface area (Å²) >= 11 is 0. The summed E-state index contributed by atoms with van der Waals surface area (Å²) in [5.41, 5.74) is 3.24. The molecule has 1 heteroatoms. The summed E-state index contributed by atoms with van der Waals surface area (Å²) in [5.74, 6) is 0.814. The molecule has 0 radical (unpaired) electrons. The molecule has 1 aromatic carbocycles. The maximum Gasteiger partial charge on any atom is 0.0161 e. The zero-order valence-electron chi connectivity index (χ0n) is 9.45. The predicted octanol–water partition coefficient (Wildman–Crippen LogP) is 2.81. The molecule has 1 unspecified atom stereocenters. The number of benzene rings is 1. The second kappa shape index (κ2) is 3.64. The number of fused-ring (bicyclic) bond motifs is 3. The molecule has 1 aromatic rings. The Kier molecular flexibility index (Phi) is 2.28. The molecule has 2 aliphatic rings. The molecule has 0 amide bonds. The summed E-state index contributed by atoms with van der Waals surface area (Å²) in [5, 5.41) is 0. The number of hydrogen-bond donors (Lipinski definition) is 0. The molecule has 1 heterocycles. The molecule has 1 fully saturated rings. The topological polar surface area (TPSA) is 3.24 Å². The van der Waals surface area contributed by atoms with Crippen LogP contribution in [0.5, 0.6) is 0 Å². The zero-order valence-corrected chi connectivity index (χ0v) is 9.45. The molecule has 2 atom stereocenters. The number of rotatable bonds is 0. The van der Waals surface area contributed by atoms with E-state index in [0.717, 1.165) is 12.0 Å². The molecule has 0 saturated heterocycles. The van der Waals surface area contributed by atoms with Gasteiger partial charge in [-0.2, -0.15) is 0 Å². The van der Waals surface area contributed by atoms with Crippen LogP contribution in [0.4, 0.5) is 0 Å². The summed E-state index contributed by atoms with van der Waals surface area (Å²) in [7, 11) is 2.30. The standard InChI is InChI=1S/C14H19N/c1-15-10-9-11-5-2-3-6-12(11)13-7-4-8-14(13)15/h2-3,5-6,13-14H,4,7-10H2,1H3/t13?,14-/m0/s1. The van der Waals surface area contributed by atoms with E-state index >= 15 is 0 Å². The summed E-state index contributed by atoms with van der Waals surface area (Å²) in [6.45, 7) is 1.23. The quantitative estimate of drug-likeness (QED) is 0.624. The molecule has 1 aliphatic carbocycles. The Bertz CT molecular complexity index is 358. The van der Waals surface area contributed by atoms with Crippen molar-refractivity contribution in [3.8, 4) is 0 Å². The smallest absolute Gasteiger partial charge is 0.0161 e. The van der Waals surface area contributed by atoms with Gasteiger partial charge in [0.15, 0.2) is 0 Å². The van der Waals surface area contributed by atoms with E-state index in [2.05, 4.69) is 36.2 Å². The van der Waals surface area contributed by atoms with Crippen molar-refractivity contribution >= 4 is 0 Å². The van der Waals surface area contributed by atoms with Crippen LogP contribution in [-0.4, -0.2) is 24.5 Å². The molecule has 3 rings (SSSR count). The minimum atomic E-state index is 0.814. The van der Waals surface area contributed by atoms with Crippen molar-refractivity contribution in [3.05, 3.63) is 35.4 Å². The molecule has 80 valence electrons. The monoisotopic (exact) mass is 201 g/mol. The lowest BCUT2D eigenvalue weighted by molar-refractivity contribution is 0.239. The third kappa shape index (κ3) is 1.50. The first-order chi connectivity index (χ1) is 7.36. The fourth-order valence-corrected chi connectivity index (χ4v) is 3.42. The van der Waals surface area contributed by atoms with E-state index in [1.807, 2.05) is 0 Å². The van der Waals surface area contributed by atoms with Gasteiger partial charge in [-0.1, -0.05) is 30.7 Å². The second-order valence-corrected chi connectivity index (χ2v) is 5.03. The van der Waals surface area contributed by atoms with Gasteiger partial charge in [-0.15, -0.1) is 0 Å². The van der Waals surface area contributed by atoms with Crippen LogP contribution in [-0.2, 0) is 6.42 Å². The van der Waals surface area contributed by atoms with Crippen molar-refractivity contribution in [2.75, 3.05) is 13.6 Å². The lowest BCUT2D eigenvalue weighted by Gasteiger charge is -2.26. The highest BCUT2D eigenvalue weighted by Gasteiger charge is 2.34. The lowest BCUT2D eigenvalue weighted by Crippen LogP contribution is -2.32. The van der Waals surface area contributed by atoms with Crippen LogP contribution in [0, 0.1) is 0 Å². The average Bonchev–Trinajstić information content (AvgIpc) is 2.71. The highest BCUT2D eigenvalue weighted by atomic mass is 15.1. The van der Waals surface area contributed by atoms with E-state index in [1.165, 1.54) is 32.2 Å². The molecule has 0 N–H and O–H groups in total. The Labute approximate surface area is 92.1 Å². The predicted molar refractivity (Wildman–Crippen MR) is 63.2 cm³/mol. The van der Waals surface area contributed by atoms with E-state index in [1.54, 1.807) is 11.1 Å². The van der Waals surface area contributed by atoms with Crippen LogP contribution >= 0.6 is 0 Å². The maximum atomic E-state index is 2.58. The number of likely N-dealkylation sites (N-methyl/N-ethyl adjacent to an activating group) is 1. The first-order valence-corrected chi connectivity index (χ1v) is 6.14. The Morgan fingerprint density at radius 1 is 1.20 bits per heavy atom. The zero-order chi connectivity index (χ0) is 10.3. The van der Waals surface area contributed by atoms with Gasteiger partial charge in [-0.05, 0) is 43.4 Å². The van der Waals surface area contributed by atoms with Crippen LogP contribution < -0.4 is 0 Å². The molecular formula is C14H19N. The van der Waals surface area contributed by atoms with Crippen molar-refractivity contribution in [2.24, 2.45) is 0 Å². The maximum absolute atomic E-state index is 2.58. The minimum absolute atomic E-state index is 0.814. The minimum Gasteiger partial charge on any atom is -0.302 e. The van der Waals surface area contributed by atoms with Crippen LogP contribution in [0.1, 0.15) is 36.3 Å². The second-order valence-electron chi connectivity index (χ2n) is 5.03. The van der Waals surface area contributed by atoms with E-state index in [0.29, 0.717) is 0 Å². The molecule has 0 aromatic heterocycles. The van der Waals surface area contributed by atoms with Gasteiger partial charge in [0.2, 0.25) is 0 Å². The van der Waals surface area contributed by atoms with Gasteiger partial charge in [-0.25, -0.2) is 0 Å². The molecule has 0 bridgehead atoms.